The number of hydrogen-bond acceptors (Lipinski definition) is 0. The maximum Gasteiger partial charge on any atom is 0.0194 e. The Kier molecular flexibility index (Phi) is 12.2. The first-order chi connectivity index (χ1) is 6.15. The Balaban J connectivity index is -0.0000000608. The van der Waals surface area contributed by atoms with E-state index in [0.717, 1.165) is 0 Å². The second-order valence-corrected chi connectivity index (χ2v) is 1.86. The summed E-state index contributed by atoms with van der Waals surface area (Å²) in [4.78, 5) is 0. The van der Waals surface area contributed by atoms with Gasteiger partial charge in [-0.3, -0.25) is 0 Å². The highest BCUT2D eigenvalue weighted by molar-refractivity contribution is 4.99. The Morgan fingerprint density at radius 1 is 1.00 bits per heavy atom. The SMILES string of the molecule is C.CCC.[2H]C([2H])[2H].[HH].c1ccccc1. The first-order valence-electron chi connectivity index (χ1n) is 5.15. The summed E-state index contributed by atoms with van der Waals surface area (Å²) in [5.74, 6) is 0. The molecule has 68 valence electrons. The zero-order chi connectivity index (χ0) is 10.5. The molecule has 0 aliphatic carbocycles. The van der Waals surface area contributed by atoms with Crippen LogP contribution in [-0.4, -0.2) is 0 Å². The van der Waals surface area contributed by atoms with E-state index in [-0.39, 0.29) is 8.85 Å². The third-order valence-electron chi connectivity index (χ3n) is 0.667. The molecule has 0 heterocycles. The molecule has 0 amide bonds. The van der Waals surface area contributed by atoms with E-state index < -0.39 is 7.35 Å². The van der Waals surface area contributed by atoms with Gasteiger partial charge in [0.05, 0.1) is 0 Å². The quantitative estimate of drug-likeness (QED) is 0.518. The smallest absolute Gasteiger partial charge is 0.0194 e. The molecule has 0 saturated heterocycles. The summed E-state index contributed by atoms with van der Waals surface area (Å²) in [6.45, 7) is 4.25. The molecule has 0 unspecified atom stereocenters. The summed E-state index contributed by atoms with van der Waals surface area (Å²) in [5, 5.41) is 0. The van der Waals surface area contributed by atoms with Gasteiger partial charge in [-0.25, -0.2) is 0 Å². The number of hydrogen-bond donors (Lipinski definition) is 0. The molecule has 0 atom stereocenters. The van der Waals surface area contributed by atoms with E-state index in [1.165, 1.54) is 6.42 Å². The predicted molar refractivity (Wildman–Crippen MR) is 58.0 cm³/mol. The molecule has 0 radical (unpaired) electrons. The Bertz CT molecular complexity index is 124. The third kappa shape index (κ3) is 17.6. The van der Waals surface area contributed by atoms with E-state index in [9.17, 15) is 0 Å². The molecule has 0 saturated carbocycles. The van der Waals surface area contributed by atoms with Crippen LogP contribution in [0.1, 0.15) is 40.6 Å². The highest BCUT2D eigenvalue weighted by Crippen LogP contribution is 1.79. The minimum absolute atomic E-state index is 0. The molecule has 0 spiro atoms. The normalized spacial score (nSPS) is 9.55. The molecule has 0 N–H and O–H groups in total. The molecule has 0 bridgehead atoms. The van der Waals surface area contributed by atoms with E-state index in [0.29, 0.717) is 0 Å². The molecule has 1 rings (SSSR count). The third-order valence-corrected chi connectivity index (χ3v) is 0.667. The van der Waals surface area contributed by atoms with Crippen LogP contribution in [0.15, 0.2) is 36.4 Å². The fraction of sp³-hybridized carbons (Fsp3) is 0.455. The maximum atomic E-state index is 5.92. The molecule has 11 heavy (non-hydrogen) atoms. The lowest BCUT2D eigenvalue weighted by molar-refractivity contribution is 1.09. The van der Waals surface area contributed by atoms with Gasteiger partial charge in [0.15, 0.2) is 0 Å². The van der Waals surface area contributed by atoms with Crippen LogP contribution in [0.25, 0.3) is 0 Å². The van der Waals surface area contributed by atoms with Crippen LogP contribution in [0.5, 0.6) is 0 Å². The van der Waals surface area contributed by atoms with Gasteiger partial charge in [0.25, 0.3) is 0 Å². The molecule has 0 aliphatic heterocycles. The van der Waals surface area contributed by atoms with Crippen molar-refractivity contribution in [3.63, 3.8) is 0 Å². The Labute approximate surface area is 78.0 Å². The van der Waals surface area contributed by atoms with Crippen molar-refractivity contribution in [1.29, 1.82) is 0 Å². The van der Waals surface area contributed by atoms with Gasteiger partial charge in [0.1, 0.15) is 0 Å². The van der Waals surface area contributed by atoms with E-state index in [2.05, 4.69) is 13.8 Å². The second-order valence-electron chi connectivity index (χ2n) is 1.86. The van der Waals surface area contributed by atoms with Crippen molar-refractivity contribution in [3.05, 3.63) is 36.4 Å². The first kappa shape index (κ1) is 8.32. The van der Waals surface area contributed by atoms with Crippen molar-refractivity contribution in [2.24, 2.45) is 0 Å². The molecule has 1 aromatic carbocycles. The van der Waals surface area contributed by atoms with Gasteiger partial charge in [-0.05, 0) is 0 Å². The highest BCUT2D eigenvalue weighted by Gasteiger charge is 1.57. The molecule has 1 aromatic rings. The fourth-order valence-electron chi connectivity index (χ4n) is 0.385. The lowest BCUT2D eigenvalue weighted by atomic mass is 10.4. The fourth-order valence-corrected chi connectivity index (χ4v) is 0.385. The van der Waals surface area contributed by atoms with Gasteiger partial charge in [0.2, 0.25) is 0 Å². The van der Waals surface area contributed by atoms with Crippen molar-refractivity contribution >= 4 is 0 Å². The standard InChI is InChI=1S/C6H6.C3H8.2CH4.H2/c1-2-4-6-5-3-1;1-3-2;;;/h1-6H;3H2,1-2H3;2*1H4;1H/i;;1D3;;. The second kappa shape index (κ2) is 16.1. The summed E-state index contributed by atoms with van der Waals surface area (Å²) in [5.41, 5.74) is 0. The summed E-state index contributed by atoms with van der Waals surface area (Å²) in [7, 11) is -1.42. The van der Waals surface area contributed by atoms with Crippen LogP contribution < -0.4 is 0 Å². The molecule has 0 aliphatic rings. The lowest BCUT2D eigenvalue weighted by Gasteiger charge is -1.69. The van der Waals surface area contributed by atoms with Crippen LogP contribution in [0, 0.1) is 0 Å². The monoisotopic (exact) mass is 159 g/mol. The summed E-state index contributed by atoms with van der Waals surface area (Å²) < 4.78 is 17.8. The van der Waals surface area contributed by atoms with Gasteiger partial charge < -0.3 is 0 Å². The van der Waals surface area contributed by atoms with Gasteiger partial charge in [-0.15, -0.1) is 0 Å². The van der Waals surface area contributed by atoms with Crippen molar-refractivity contribution in [2.45, 2.75) is 35.0 Å². The van der Waals surface area contributed by atoms with Gasteiger partial charge >= 0.3 is 0 Å². The van der Waals surface area contributed by atoms with E-state index in [1.54, 1.807) is 0 Å². The topological polar surface area (TPSA) is 0 Å². The van der Waals surface area contributed by atoms with Crippen molar-refractivity contribution in [1.82, 2.24) is 0 Å². The molecule has 0 nitrogen and oxygen atoms in total. The molecular weight excluding hydrogens is 132 g/mol. The Morgan fingerprint density at radius 2 is 1.09 bits per heavy atom. The summed E-state index contributed by atoms with van der Waals surface area (Å²) >= 11 is 0. The summed E-state index contributed by atoms with van der Waals surface area (Å²) in [6.07, 6.45) is 1.25. The Hall–Kier alpha value is -0.780. The van der Waals surface area contributed by atoms with E-state index in [1.807, 2.05) is 36.4 Å². The van der Waals surface area contributed by atoms with Crippen LogP contribution >= 0.6 is 0 Å². The van der Waals surface area contributed by atoms with Crippen LogP contribution in [0.4, 0.5) is 0 Å². The predicted octanol–water partition coefficient (Wildman–Crippen LogP) is 4.62. The molecule has 0 heteroatoms. The zero-order valence-corrected chi connectivity index (χ0v) is 6.75. The van der Waals surface area contributed by atoms with Crippen molar-refractivity contribution in [2.75, 3.05) is 0 Å². The summed E-state index contributed by atoms with van der Waals surface area (Å²) in [6, 6.07) is 12.0. The van der Waals surface area contributed by atoms with E-state index in [4.69, 9.17) is 4.11 Å². The minimum Gasteiger partial charge on any atom is -0.0776 e. The van der Waals surface area contributed by atoms with E-state index >= 15 is 0 Å². The van der Waals surface area contributed by atoms with Crippen LogP contribution in [-0.2, 0) is 0 Å². The number of benzene rings is 1. The molecule has 0 aromatic heterocycles. The zero-order valence-electron chi connectivity index (χ0n) is 9.75. The lowest BCUT2D eigenvalue weighted by Crippen LogP contribution is -1.47. The average molecular weight is 159 g/mol. The Morgan fingerprint density at radius 3 is 1.18 bits per heavy atom. The van der Waals surface area contributed by atoms with Crippen LogP contribution in [0.3, 0.4) is 0 Å². The highest BCUT2D eigenvalue weighted by atomic mass is 13.6. The van der Waals surface area contributed by atoms with Crippen molar-refractivity contribution < 1.29 is 5.54 Å². The maximum absolute atomic E-state index is 5.92. The molecule has 0 fully saturated rings. The first-order valence-corrected chi connectivity index (χ1v) is 3.41. The largest absolute Gasteiger partial charge is 0.0776 e. The van der Waals surface area contributed by atoms with Crippen molar-refractivity contribution in [3.8, 4) is 0 Å². The minimum atomic E-state index is -1.42. The van der Waals surface area contributed by atoms with Gasteiger partial charge in [-0.1, -0.05) is 71.4 Å². The molecular formula is C11H24. The number of rotatable bonds is 0. The van der Waals surface area contributed by atoms with Gasteiger partial charge in [-0.2, -0.15) is 0 Å². The van der Waals surface area contributed by atoms with Crippen LogP contribution in [0.2, 0.25) is 0 Å². The average Bonchev–Trinajstić information content (AvgIpc) is 2.08. The van der Waals surface area contributed by atoms with Gasteiger partial charge in [0, 0.05) is 5.54 Å².